The molecular weight excluding hydrogens is 252 g/mol. The molecule has 1 aliphatic carbocycles. The molecule has 20 heavy (non-hydrogen) atoms. The molecule has 2 atom stereocenters. The zero-order chi connectivity index (χ0) is 14.5. The van der Waals surface area contributed by atoms with Gasteiger partial charge in [-0.05, 0) is 46.1 Å². The number of nitrogens with one attached hydrogen (secondary N) is 1. The van der Waals surface area contributed by atoms with Gasteiger partial charge in [-0.2, -0.15) is 0 Å². The second-order valence-electron chi connectivity index (χ2n) is 6.46. The zero-order valence-electron chi connectivity index (χ0n) is 12.9. The van der Waals surface area contributed by atoms with Crippen molar-refractivity contribution in [3.63, 3.8) is 0 Å². The molecule has 1 saturated heterocycles. The Morgan fingerprint density at radius 3 is 2.45 bits per heavy atom. The molecule has 2 rings (SSSR count). The topological polar surface area (TPSA) is 49.4 Å². The molecule has 0 aromatic rings. The number of amides is 1. The summed E-state index contributed by atoms with van der Waals surface area (Å²) < 4.78 is 0. The summed E-state index contributed by atoms with van der Waals surface area (Å²) in [5.74, 6) is 0.373. The van der Waals surface area contributed by atoms with E-state index in [1.165, 1.54) is 19.3 Å². The first-order chi connectivity index (χ1) is 9.58. The molecule has 1 saturated carbocycles. The quantitative estimate of drug-likeness (QED) is 0.840. The van der Waals surface area contributed by atoms with Gasteiger partial charge in [0, 0.05) is 18.5 Å². The lowest BCUT2D eigenvalue weighted by molar-refractivity contribution is -0.129. The minimum Gasteiger partial charge on any atom is -0.352 e. The van der Waals surface area contributed by atoms with Crippen LogP contribution in [0.2, 0.25) is 0 Å². The monoisotopic (exact) mass is 280 g/mol. The number of hydrogen-bond donors (Lipinski definition) is 1. The molecular formula is C16H28N2O2. The molecule has 0 aromatic heterocycles. The fraction of sp³-hybridized carbons (Fsp3) is 0.875. The molecule has 4 heteroatoms. The Labute approximate surface area is 122 Å². The van der Waals surface area contributed by atoms with Crippen molar-refractivity contribution in [3.8, 4) is 0 Å². The molecule has 1 heterocycles. The fourth-order valence-electron chi connectivity index (χ4n) is 3.63. The number of carbonyl (C=O) groups is 2. The Kier molecular flexibility index (Phi) is 5.58. The third kappa shape index (κ3) is 4.05. The van der Waals surface area contributed by atoms with E-state index in [2.05, 4.69) is 10.2 Å². The Hall–Kier alpha value is -0.900. The normalized spacial score (nSPS) is 26.4. The SMILES string of the molecule is CC(=O)CC1CCCCN1C(C)C(=O)NC1CCCC1. The summed E-state index contributed by atoms with van der Waals surface area (Å²) in [7, 11) is 0. The average molecular weight is 280 g/mol. The Morgan fingerprint density at radius 2 is 1.80 bits per heavy atom. The van der Waals surface area contributed by atoms with Crippen molar-refractivity contribution in [1.29, 1.82) is 0 Å². The Balaban J connectivity index is 1.91. The predicted molar refractivity (Wildman–Crippen MR) is 79.5 cm³/mol. The van der Waals surface area contributed by atoms with Crippen molar-refractivity contribution >= 4 is 11.7 Å². The predicted octanol–water partition coefficient (Wildman–Crippen LogP) is 2.27. The molecule has 2 aliphatic rings. The molecule has 0 spiro atoms. The van der Waals surface area contributed by atoms with E-state index in [-0.39, 0.29) is 23.8 Å². The summed E-state index contributed by atoms with van der Waals surface area (Å²) in [5, 5.41) is 3.18. The van der Waals surface area contributed by atoms with Crippen molar-refractivity contribution in [2.75, 3.05) is 6.54 Å². The van der Waals surface area contributed by atoms with Crippen LogP contribution in [-0.2, 0) is 9.59 Å². The molecule has 0 radical (unpaired) electrons. The van der Waals surface area contributed by atoms with Crippen molar-refractivity contribution in [2.45, 2.75) is 83.3 Å². The fourth-order valence-corrected chi connectivity index (χ4v) is 3.63. The molecule has 1 amide bonds. The summed E-state index contributed by atoms with van der Waals surface area (Å²) >= 11 is 0. The summed E-state index contributed by atoms with van der Waals surface area (Å²) in [6.07, 6.45) is 8.64. The third-order valence-corrected chi connectivity index (χ3v) is 4.77. The van der Waals surface area contributed by atoms with Crippen LogP contribution in [0.3, 0.4) is 0 Å². The number of nitrogens with zero attached hydrogens (tertiary/aromatic N) is 1. The van der Waals surface area contributed by atoms with Gasteiger partial charge in [0.2, 0.25) is 5.91 Å². The molecule has 4 nitrogen and oxygen atoms in total. The number of piperidine rings is 1. The van der Waals surface area contributed by atoms with E-state index in [1.807, 2.05) is 6.92 Å². The molecule has 114 valence electrons. The van der Waals surface area contributed by atoms with Crippen LogP contribution in [0.4, 0.5) is 0 Å². The van der Waals surface area contributed by atoms with Crippen molar-refractivity contribution in [2.24, 2.45) is 0 Å². The largest absolute Gasteiger partial charge is 0.352 e. The van der Waals surface area contributed by atoms with Crippen LogP contribution in [-0.4, -0.2) is 41.3 Å². The number of Topliss-reactive ketones (excluding diaryl/α,β-unsaturated/α-hetero) is 1. The summed E-state index contributed by atoms with van der Waals surface area (Å²) in [5.41, 5.74) is 0. The van der Waals surface area contributed by atoms with E-state index < -0.39 is 0 Å². The maximum absolute atomic E-state index is 12.4. The second kappa shape index (κ2) is 7.21. The lowest BCUT2D eigenvalue weighted by Crippen LogP contribution is -2.53. The van der Waals surface area contributed by atoms with E-state index in [1.54, 1.807) is 6.92 Å². The Bertz CT molecular complexity index is 350. The molecule has 2 fully saturated rings. The number of ketones is 1. The summed E-state index contributed by atoms with van der Waals surface area (Å²) in [4.78, 5) is 26.0. The number of likely N-dealkylation sites (tertiary alicyclic amines) is 1. The van der Waals surface area contributed by atoms with Gasteiger partial charge < -0.3 is 5.32 Å². The van der Waals surface area contributed by atoms with Crippen LogP contribution in [0.1, 0.15) is 65.2 Å². The van der Waals surface area contributed by atoms with Crippen molar-refractivity contribution in [1.82, 2.24) is 10.2 Å². The van der Waals surface area contributed by atoms with Gasteiger partial charge in [-0.3, -0.25) is 14.5 Å². The van der Waals surface area contributed by atoms with E-state index in [9.17, 15) is 9.59 Å². The second-order valence-corrected chi connectivity index (χ2v) is 6.46. The first kappa shape index (κ1) is 15.5. The van der Waals surface area contributed by atoms with Gasteiger partial charge in [-0.1, -0.05) is 19.3 Å². The zero-order valence-corrected chi connectivity index (χ0v) is 12.9. The highest BCUT2D eigenvalue weighted by molar-refractivity contribution is 5.82. The molecule has 1 N–H and O–H groups in total. The number of hydrogen-bond acceptors (Lipinski definition) is 3. The first-order valence-corrected chi connectivity index (χ1v) is 8.13. The van der Waals surface area contributed by atoms with Gasteiger partial charge in [-0.25, -0.2) is 0 Å². The lowest BCUT2D eigenvalue weighted by atomic mass is 9.96. The number of rotatable bonds is 5. The highest BCUT2D eigenvalue weighted by Gasteiger charge is 2.31. The maximum atomic E-state index is 12.4. The van der Waals surface area contributed by atoms with E-state index in [0.717, 1.165) is 32.2 Å². The van der Waals surface area contributed by atoms with Gasteiger partial charge in [0.15, 0.2) is 0 Å². The van der Waals surface area contributed by atoms with Gasteiger partial charge >= 0.3 is 0 Å². The van der Waals surface area contributed by atoms with Crippen molar-refractivity contribution in [3.05, 3.63) is 0 Å². The lowest BCUT2D eigenvalue weighted by Gasteiger charge is -2.39. The van der Waals surface area contributed by atoms with E-state index >= 15 is 0 Å². The minimum atomic E-state index is -0.111. The molecule has 1 aliphatic heterocycles. The van der Waals surface area contributed by atoms with Gasteiger partial charge in [0.1, 0.15) is 5.78 Å². The van der Waals surface area contributed by atoms with Gasteiger partial charge in [0.05, 0.1) is 6.04 Å². The highest BCUT2D eigenvalue weighted by atomic mass is 16.2. The van der Waals surface area contributed by atoms with Crippen LogP contribution in [0.25, 0.3) is 0 Å². The third-order valence-electron chi connectivity index (χ3n) is 4.77. The molecule has 0 aromatic carbocycles. The minimum absolute atomic E-state index is 0.111. The van der Waals surface area contributed by atoms with Crippen LogP contribution in [0.5, 0.6) is 0 Å². The first-order valence-electron chi connectivity index (χ1n) is 8.13. The average Bonchev–Trinajstić information content (AvgIpc) is 2.90. The van der Waals surface area contributed by atoms with Crippen LogP contribution in [0, 0.1) is 0 Å². The van der Waals surface area contributed by atoms with Crippen LogP contribution >= 0.6 is 0 Å². The number of carbonyl (C=O) groups excluding carboxylic acids is 2. The summed E-state index contributed by atoms with van der Waals surface area (Å²) in [6.45, 7) is 4.58. The standard InChI is InChI=1S/C16H28N2O2/c1-12(19)11-15-9-5-6-10-18(15)13(2)16(20)17-14-7-3-4-8-14/h13-15H,3-11H2,1-2H3,(H,17,20). The molecule has 0 bridgehead atoms. The van der Waals surface area contributed by atoms with Crippen LogP contribution in [0.15, 0.2) is 0 Å². The van der Waals surface area contributed by atoms with Gasteiger partial charge in [0.25, 0.3) is 0 Å². The Morgan fingerprint density at radius 1 is 1.15 bits per heavy atom. The smallest absolute Gasteiger partial charge is 0.237 e. The van der Waals surface area contributed by atoms with E-state index in [4.69, 9.17) is 0 Å². The summed E-state index contributed by atoms with van der Waals surface area (Å²) in [6, 6.07) is 0.520. The van der Waals surface area contributed by atoms with Crippen LogP contribution < -0.4 is 5.32 Å². The highest BCUT2D eigenvalue weighted by Crippen LogP contribution is 2.23. The van der Waals surface area contributed by atoms with E-state index in [0.29, 0.717) is 12.5 Å². The van der Waals surface area contributed by atoms with Gasteiger partial charge in [-0.15, -0.1) is 0 Å². The maximum Gasteiger partial charge on any atom is 0.237 e. The van der Waals surface area contributed by atoms with Crippen molar-refractivity contribution < 1.29 is 9.59 Å². The molecule has 2 unspecified atom stereocenters.